The van der Waals surface area contributed by atoms with Crippen LogP contribution in [0, 0.1) is 24.2 Å². The molecule has 19 heavy (non-hydrogen) atoms. The van der Waals surface area contributed by atoms with Gasteiger partial charge in [-0.25, -0.2) is 14.4 Å². The summed E-state index contributed by atoms with van der Waals surface area (Å²) in [6.07, 6.45) is 2.12. The summed E-state index contributed by atoms with van der Waals surface area (Å²) in [7, 11) is 0. The van der Waals surface area contributed by atoms with Crippen molar-refractivity contribution in [2.24, 2.45) is 0 Å². The Morgan fingerprint density at radius 2 is 1.95 bits per heavy atom. The Bertz CT molecular complexity index is 673. The standard InChI is InChI=1S/C14H11FN4/c1-9-17-13-7-19(8-16)6-12(13)14(18-9)10-2-4-11(15)5-3-10/h2-5H,6-7H2,1H3. The fraction of sp³-hybridized carbons (Fsp3) is 0.214. The third kappa shape index (κ3) is 2.02. The fourth-order valence-electron chi connectivity index (χ4n) is 2.30. The number of aromatic nitrogens is 2. The second-order valence-electron chi connectivity index (χ2n) is 4.51. The molecule has 0 saturated heterocycles. The van der Waals surface area contributed by atoms with Gasteiger partial charge in [0.15, 0.2) is 6.19 Å². The zero-order chi connectivity index (χ0) is 13.4. The predicted octanol–water partition coefficient (Wildman–Crippen LogP) is 2.39. The summed E-state index contributed by atoms with van der Waals surface area (Å²) in [5.41, 5.74) is 3.48. The van der Waals surface area contributed by atoms with E-state index in [1.807, 2.05) is 6.92 Å². The van der Waals surface area contributed by atoms with Crippen LogP contribution >= 0.6 is 0 Å². The number of aryl methyl sites for hydroxylation is 1. The van der Waals surface area contributed by atoms with Crippen LogP contribution in [-0.2, 0) is 13.1 Å². The van der Waals surface area contributed by atoms with Crippen LogP contribution in [0.3, 0.4) is 0 Å². The third-order valence-electron chi connectivity index (χ3n) is 3.15. The molecule has 4 nitrogen and oxygen atoms in total. The lowest BCUT2D eigenvalue weighted by molar-refractivity contribution is 0.415. The van der Waals surface area contributed by atoms with E-state index in [1.165, 1.54) is 12.1 Å². The van der Waals surface area contributed by atoms with E-state index in [9.17, 15) is 4.39 Å². The largest absolute Gasteiger partial charge is 0.300 e. The van der Waals surface area contributed by atoms with E-state index in [0.29, 0.717) is 18.9 Å². The molecule has 0 unspecified atom stereocenters. The SMILES string of the molecule is Cc1nc2c(c(-c3ccc(F)cc3)n1)CN(C#N)C2. The molecule has 0 amide bonds. The molecule has 3 rings (SSSR count). The highest BCUT2D eigenvalue weighted by atomic mass is 19.1. The summed E-state index contributed by atoms with van der Waals surface area (Å²) in [6, 6.07) is 6.23. The molecule has 0 N–H and O–H groups in total. The maximum absolute atomic E-state index is 13.0. The molecule has 0 fully saturated rings. The van der Waals surface area contributed by atoms with Crippen LogP contribution < -0.4 is 0 Å². The summed E-state index contributed by atoms with van der Waals surface area (Å²) < 4.78 is 13.0. The minimum Gasteiger partial charge on any atom is -0.300 e. The molecule has 0 bridgehead atoms. The zero-order valence-corrected chi connectivity index (χ0v) is 10.4. The highest BCUT2D eigenvalue weighted by Gasteiger charge is 2.24. The first-order chi connectivity index (χ1) is 9.17. The molecule has 1 aliphatic rings. The van der Waals surface area contributed by atoms with Gasteiger partial charge < -0.3 is 4.90 Å². The maximum atomic E-state index is 13.0. The van der Waals surface area contributed by atoms with E-state index in [-0.39, 0.29) is 5.82 Å². The van der Waals surface area contributed by atoms with E-state index < -0.39 is 0 Å². The molecule has 0 aliphatic carbocycles. The van der Waals surface area contributed by atoms with E-state index in [4.69, 9.17) is 5.26 Å². The van der Waals surface area contributed by atoms with Gasteiger partial charge in [0.1, 0.15) is 11.6 Å². The van der Waals surface area contributed by atoms with Gasteiger partial charge in [-0.15, -0.1) is 0 Å². The fourth-order valence-corrected chi connectivity index (χ4v) is 2.30. The number of rotatable bonds is 1. The monoisotopic (exact) mass is 254 g/mol. The third-order valence-corrected chi connectivity index (χ3v) is 3.15. The summed E-state index contributed by atoms with van der Waals surface area (Å²) in [4.78, 5) is 10.5. The molecule has 5 heteroatoms. The average Bonchev–Trinajstić information content (AvgIpc) is 2.81. The second-order valence-corrected chi connectivity index (χ2v) is 4.51. The molecule has 2 aromatic rings. The maximum Gasteiger partial charge on any atom is 0.180 e. The first-order valence-corrected chi connectivity index (χ1v) is 5.94. The molecule has 0 saturated carbocycles. The van der Waals surface area contributed by atoms with Gasteiger partial charge in [-0.1, -0.05) is 0 Å². The van der Waals surface area contributed by atoms with E-state index in [1.54, 1.807) is 17.0 Å². The van der Waals surface area contributed by atoms with Gasteiger partial charge in [0.25, 0.3) is 0 Å². The minimum absolute atomic E-state index is 0.273. The van der Waals surface area contributed by atoms with Gasteiger partial charge in [0.05, 0.1) is 24.5 Å². The van der Waals surface area contributed by atoms with Gasteiger partial charge >= 0.3 is 0 Å². The molecule has 0 spiro atoms. The van der Waals surface area contributed by atoms with Crippen molar-refractivity contribution in [2.45, 2.75) is 20.0 Å². The van der Waals surface area contributed by atoms with Crippen LogP contribution in [0.2, 0.25) is 0 Å². The predicted molar refractivity (Wildman–Crippen MR) is 67.0 cm³/mol. The Labute approximate surface area is 110 Å². The number of nitrogens with zero attached hydrogens (tertiary/aromatic N) is 4. The van der Waals surface area contributed by atoms with Crippen LogP contribution in [0.1, 0.15) is 17.1 Å². The normalized spacial score (nSPS) is 13.2. The Balaban J connectivity index is 2.13. The molecule has 1 aliphatic heterocycles. The van der Waals surface area contributed by atoms with Crippen molar-refractivity contribution in [1.82, 2.24) is 14.9 Å². The smallest absolute Gasteiger partial charge is 0.180 e. The zero-order valence-electron chi connectivity index (χ0n) is 10.4. The van der Waals surface area contributed by atoms with E-state index in [2.05, 4.69) is 16.2 Å². The lowest BCUT2D eigenvalue weighted by atomic mass is 10.1. The number of hydrogen-bond acceptors (Lipinski definition) is 4. The average molecular weight is 254 g/mol. The molecular formula is C14H11FN4. The van der Waals surface area contributed by atoms with Crippen molar-refractivity contribution < 1.29 is 4.39 Å². The number of fused-ring (bicyclic) bond motifs is 1. The molecule has 1 aromatic carbocycles. The topological polar surface area (TPSA) is 52.8 Å². The lowest BCUT2D eigenvalue weighted by Gasteiger charge is -2.08. The summed E-state index contributed by atoms with van der Waals surface area (Å²) in [5, 5.41) is 8.98. The number of benzene rings is 1. The second kappa shape index (κ2) is 4.32. The lowest BCUT2D eigenvalue weighted by Crippen LogP contribution is -2.07. The first kappa shape index (κ1) is 11.6. The molecule has 0 atom stereocenters. The van der Waals surface area contributed by atoms with Crippen molar-refractivity contribution in [2.75, 3.05) is 0 Å². The van der Waals surface area contributed by atoms with Crippen molar-refractivity contribution in [3.63, 3.8) is 0 Å². The van der Waals surface area contributed by atoms with Crippen LogP contribution in [0.5, 0.6) is 0 Å². The summed E-state index contributed by atoms with van der Waals surface area (Å²) in [6.45, 7) is 2.85. The van der Waals surface area contributed by atoms with Crippen LogP contribution in [0.15, 0.2) is 24.3 Å². The summed E-state index contributed by atoms with van der Waals surface area (Å²) >= 11 is 0. The minimum atomic E-state index is -0.273. The highest BCUT2D eigenvalue weighted by molar-refractivity contribution is 5.64. The van der Waals surface area contributed by atoms with Crippen LogP contribution in [-0.4, -0.2) is 14.9 Å². The van der Waals surface area contributed by atoms with Gasteiger partial charge in [0.2, 0.25) is 0 Å². The Kier molecular flexibility index (Phi) is 2.64. The van der Waals surface area contributed by atoms with Crippen LogP contribution in [0.25, 0.3) is 11.3 Å². The Morgan fingerprint density at radius 1 is 1.21 bits per heavy atom. The molecular weight excluding hydrogens is 243 g/mol. The summed E-state index contributed by atoms with van der Waals surface area (Å²) in [5.74, 6) is 0.391. The van der Waals surface area contributed by atoms with Gasteiger partial charge in [-0.05, 0) is 31.2 Å². The van der Waals surface area contributed by atoms with Gasteiger partial charge in [-0.2, -0.15) is 5.26 Å². The number of nitriles is 1. The van der Waals surface area contributed by atoms with Crippen molar-refractivity contribution in [3.8, 4) is 17.5 Å². The van der Waals surface area contributed by atoms with Gasteiger partial charge in [-0.3, -0.25) is 0 Å². The van der Waals surface area contributed by atoms with Crippen molar-refractivity contribution >= 4 is 0 Å². The van der Waals surface area contributed by atoms with Crippen LogP contribution in [0.4, 0.5) is 4.39 Å². The molecule has 2 heterocycles. The van der Waals surface area contributed by atoms with Crippen molar-refractivity contribution in [3.05, 3.63) is 47.2 Å². The first-order valence-electron chi connectivity index (χ1n) is 5.94. The Morgan fingerprint density at radius 3 is 2.63 bits per heavy atom. The molecule has 0 radical (unpaired) electrons. The number of halogens is 1. The van der Waals surface area contributed by atoms with E-state index in [0.717, 1.165) is 22.5 Å². The highest BCUT2D eigenvalue weighted by Crippen LogP contribution is 2.30. The quantitative estimate of drug-likeness (QED) is 0.733. The molecule has 94 valence electrons. The molecule has 1 aromatic heterocycles. The van der Waals surface area contributed by atoms with E-state index >= 15 is 0 Å². The number of hydrogen-bond donors (Lipinski definition) is 0. The van der Waals surface area contributed by atoms with Gasteiger partial charge in [0, 0.05) is 11.1 Å². The van der Waals surface area contributed by atoms with Crippen molar-refractivity contribution in [1.29, 1.82) is 5.26 Å². The Hall–Kier alpha value is -2.48.